The number of aliphatic hydroxyl groups is 1. The summed E-state index contributed by atoms with van der Waals surface area (Å²) < 4.78 is 5.79. The maximum atomic E-state index is 13.3. The van der Waals surface area contributed by atoms with E-state index in [0.29, 0.717) is 24.0 Å². The Morgan fingerprint density at radius 1 is 1.15 bits per heavy atom. The number of phenolic OH excluding ortho intramolecular Hbond substituents is 1. The lowest BCUT2D eigenvalue weighted by Gasteiger charge is -2.57. The zero-order chi connectivity index (χ0) is 23.4. The van der Waals surface area contributed by atoms with E-state index in [4.69, 9.17) is 4.74 Å². The first-order valence-corrected chi connectivity index (χ1v) is 13.2. The van der Waals surface area contributed by atoms with Crippen molar-refractivity contribution in [1.29, 1.82) is 0 Å². The average molecular weight is 453 g/mol. The number of phenols is 1. The van der Waals surface area contributed by atoms with Crippen molar-refractivity contribution >= 4 is 5.78 Å². The van der Waals surface area contributed by atoms with Crippen LogP contribution in [0.4, 0.5) is 0 Å². The van der Waals surface area contributed by atoms with Crippen molar-refractivity contribution < 1.29 is 19.7 Å². The third kappa shape index (κ3) is 2.38. The second kappa shape index (κ2) is 6.85. The van der Waals surface area contributed by atoms with Crippen molar-refractivity contribution in [3.05, 3.63) is 29.3 Å². The van der Waals surface area contributed by atoms with Crippen LogP contribution in [-0.4, -0.2) is 34.8 Å². The second-order valence-corrected chi connectivity index (χ2v) is 12.7. The zero-order valence-corrected chi connectivity index (χ0v) is 20.7. The molecule has 1 spiro atoms. The molecule has 5 fully saturated rings. The number of rotatable bonds is 4. The summed E-state index contributed by atoms with van der Waals surface area (Å²) in [5.74, 6) is 1.81. The van der Waals surface area contributed by atoms with Crippen LogP contribution in [0.5, 0.6) is 5.75 Å². The van der Waals surface area contributed by atoms with Gasteiger partial charge in [0.25, 0.3) is 0 Å². The molecule has 1 aromatic carbocycles. The highest BCUT2D eigenvalue weighted by Gasteiger charge is 2.87. The van der Waals surface area contributed by atoms with Gasteiger partial charge in [-0.05, 0) is 97.1 Å². The number of aryl methyl sites for hydroxylation is 1. The summed E-state index contributed by atoms with van der Waals surface area (Å²) in [6.07, 6.45) is 8.78. The quantitative estimate of drug-likeness (QED) is 0.669. The van der Waals surface area contributed by atoms with E-state index in [2.05, 4.69) is 32.9 Å². The van der Waals surface area contributed by atoms with Crippen LogP contribution >= 0.6 is 0 Å². The summed E-state index contributed by atoms with van der Waals surface area (Å²) in [6, 6.07) is 6.20. The molecule has 0 aliphatic heterocycles. The lowest BCUT2D eigenvalue weighted by molar-refractivity contribution is -0.186. The maximum absolute atomic E-state index is 13.3. The number of ketones is 1. The van der Waals surface area contributed by atoms with E-state index in [1.807, 2.05) is 6.07 Å². The fourth-order valence-corrected chi connectivity index (χ4v) is 10.6. The van der Waals surface area contributed by atoms with Gasteiger partial charge < -0.3 is 14.9 Å². The SMILES string of the molecule is CCc1ccc(CC2CCC3(CCC4CC5(C)C6(O)C(OC)CC(=O)C6C4C35C)C2)c(O)c1. The number of aromatic hydroxyl groups is 1. The molecule has 0 saturated heterocycles. The number of benzene rings is 1. The molecule has 0 radical (unpaired) electrons. The molecule has 33 heavy (non-hydrogen) atoms. The molecular weight excluding hydrogens is 412 g/mol. The van der Waals surface area contributed by atoms with Crippen molar-refractivity contribution in [3.8, 4) is 5.75 Å². The Morgan fingerprint density at radius 2 is 1.91 bits per heavy atom. The third-order valence-electron chi connectivity index (χ3n) is 12.1. The fraction of sp³-hybridized carbons (Fsp3) is 0.759. The normalized spacial score (nSPS) is 49.8. The van der Waals surface area contributed by atoms with Crippen LogP contribution < -0.4 is 0 Å². The van der Waals surface area contributed by atoms with E-state index < -0.39 is 5.60 Å². The highest BCUT2D eigenvalue weighted by atomic mass is 16.5. The van der Waals surface area contributed by atoms with Gasteiger partial charge in [-0.25, -0.2) is 0 Å². The molecule has 9 atom stereocenters. The van der Waals surface area contributed by atoms with Gasteiger partial charge in [0.2, 0.25) is 0 Å². The van der Waals surface area contributed by atoms with Gasteiger partial charge in [-0.2, -0.15) is 0 Å². The number of methoxy groups -OCH3 is 1. The number of Topliss-reactive ketones (excluding diaryl/α,β-unsaturated/α-hetero) is 1. The van der Waals surface area contributed by atoms with Gasteiger partial charge in [0, 0.05) is 18.9 Å². The highest BCUT2D eigenvalue weighted by molar-refractivity contribution is 5.88. The molecule has 4 bridgehead atoms. The van der Waals surface area contributed by atoms with Gasteiger partial charge in [0.1, 0.15) is 17.1 Å². The van der Waals surface area contributed by atoms with E-state index in [0.717, 1.165) is 31.2 Å². The van der Waals surface area contributed by atoms with Gasteiger partial charge in [-0.15, -0.1) is 0 Å². The van der Waals surface area contributed by atoms with Crippen molar-refractivity contribution in [1.82, 2.24) is 0 Å². The van der Waals surface area contributed by atoms with E-state index >= 15 is 0 Å². The van der Waals surface area contributed by atoms with Gasteiger partial charge in [0.15, 0.2) is 0 Å². The Labute approximate surface area is 198 Å². The fourth-order valence-electron chi connectivity index (χ4n) is 10.6. The standard InChI is InChI=1S/C29H40O4/c1-5-17-6-7-19(21(30)13-17)12-18-8-10-28(15-18)11-9-20-16-26(2)27(28,3)24(20)25-22(31)14-23(33-4)29(25,26)32/h6-7,13,18,20,23-25,30,32H,5,8-12,14-16H2,1-4H3. The van der Waals surface area contributed by atoms with Crippen molar-refractivity contribution in [2.45, 2.75) is 90.3 Å². The number of hydrogen-bond donors (Lipinski definition) is 2. The monoisotopic (exact) mass is 452 g/mol. The molecule has 0 amide bonds. The minimum Gasteiger partial charge on any atom is -0.508 e. The van der Waals surface area contributed by atoms with Crippen LogP contribution in [0.1, 0.15) is 76.8 Å². The molecule has 5 aliphatic rings. The summed E-state index contributed by atoms with van der Waals surface area (Å²) in [4.78, 5) is 13.3. The van der Waals surface area contributed by atoms with E-state index in [-0.39, 0.29) is 40.0 Å². The second-order valence-electron chi connectivity index (χ2n) is 12.7. The number of fused-ring (bicyclic) bond motifs is 2. The van der Waals surface area contributed by atoms with Crippen LogP contribution in [-0.2, 0) is 22.4 Å². The molecule has 0 aromatic heterocycles. The van der Waals surface area contributed by atoms with Gasteiger partial charge >= 0.3 is 0 Å². The van der Waals surface area contributed by atoms with Gasteiger partial charge in [0.05, 0.1) is 12.0 Å². The van der Waals surface area contributed by atoms with E-state index in [9.17, 15) is 15.0 Å². The largest absolute Gasteiger partial charge is 0.508 e. The summed E-state index contributed by atoms with van der Waals surface area (Å²) in [5, 5.41) is 22.9. The van der Waals surface area contributed by atoms with E-state index in [1.54, 1.807) is 7.11 Å². The molecule has 2 N–H and O–H groups in total. The molecule has 4 heteroatoms. The molecule has 5 saturated carbocycles. The first-order chi connectivity index (χ1) is 15.6. The van der Waals surface area contributed by atoms with Gasteiger partial charge in [-0.1, -0.05) is 32.9 Å². The number of carbonyl (C=O) groups excluding carboxylic acids is 1. The minimum atomic E-state index is -1.03. The summed E-state index contributed by atoms with van der Waals surface area (Å²) in [7, 11) is 1.67. The molecule has 4 nitrogen and oxygen atoms in total. The first-order valence-electron chi connectivity index (χ1n) is 13.2. The predicted molar refractivity (Wildman–Crippen MR) is 127 cm³/mol. The topological polar surface area (TPSA) is 66.8 Å². The predicted octanol–water partition coefficient (Wildman–Crippen LogP) is 5.07. The molecule has 6 rings (SSSR count). The molecule has 180 valence electrons. The first kappa shape index (κ1) is 22.1. The van der Waals surface area contributed by atoms with Crippen molar-refractivity contribution in [2.75, 3.05) is 7.11 Å². The molecular formula is C29H40O4. The Hall–Kier alpha value is -1.39. The Kier molecular flexibility index (Phi) is 4.58. The van der Waals surface area contributed by atoms with Gasteiger partial charge in [-0.3, -0.25) is 4.79 Å². The highest BCUT2D eigenvalue weighted by Crippen LogP contribution is 2.85. The number of carbonyl (C=O) groups is 1. The van der Waals surface area contributed by atoms with Crippen LogP contribution in [0.25, 0.3) is 0 Å². The van der Waals surface area contributed by atoms with E-state index in [1.165, 1.54) is 31.2 Å². The minimum absolute atomic E-state index is 0.0436. The zero-order valence-electron chi connectivity index (χ0n) is 20.7. The smallest absolute Gasteiger partial charge is 0.141 e. The van der Waals surface area contributed by atoms with Crippen LogP contribution in [0.15, 0.2) is 18.2 Å². The van der Waals surface area contributed by atoms with Crippen LogP contribution in [0.2, 0.25) is 0 Å². The summed E-state index contributed by atoms with van der Waals surface area (Å²) >= 11 is 0. The molecule has 1 aromatic rings. The van der Waals surface area contributed by atoms with Crippen LogP contribution in [0, 0.1) is 39.9 Å². The average Bonchev–Trinajstić information content (AvgIpc) is 3.41. The lowest BCUT2D eigenvalue weighted by Crippen LogP contribution is -2.58. The Bertz CT molecular complexity index is 1000. The number of hydrogen-bond acceptors (Lipinski definition) is 4. The molecule has 0 heterocycles. The van der Waals surface area contributed by atoms with Crippen LogP contribution in [0.3, 0.4) is 0 Å². The lowest BCUT2D eigenvalue weighted by atomic mass is 9.48. The Balaban J connectivity index is 1.35. The molecule has 9 unspecified atom stereocenters. The summed E-state index contributed by atoms with van der Waals surface area (Å²) in [6.45, 7) is 6.87. The maximum Gasteiger partial charge on any atom is 0.141 e. The van der Waals surface area contributed by atoms with Crippen molar-refractivity contribution in [3.63, 3.8) is 0 Å². The summed E-state index contributed by atoms with van der Waals surface area (Å²) in [5.41, 5.74) is 1.05. The number of ether oxygens (including phenoxy) is 1. The third-order valence-corrected chi connectivity index (χ3v) is 12.1. The molecule has 5 aliphatic carbocycles. The van der Waals surface area contributed by atoms with Crippen molar-refractivity contribution in [2.24, 2.45) is 39.9 Å². The Morgan fingerprint density at radius 3 is 2.61 bits per heavy atom.